The summed E-state index contributed by atoms with van der Waals surface area (Å²) in [4.78, 5) is 24.2. The van der Waals surface area contributed by atoms with Crippen LogP contribution in [0.15, 0.2) is 24.3 Å². The van der Waals surface area contributed by atoms with E-state index in [0.29, 0.717) is 6.54 Å². The molecule has 21 heavy (non-hydrogen) atoms. The molecule has 114 valence electrons. The lowest BCUT2D eigenvalue weighted by atomic mass is 10.1. The lowest BCUT2D eigenvalue weighted by molar-refractivity contribution is -0.384. The third kappa shape index (κ3) is 4.26. The van der Waals surface area contributed by atoms with Gasteiger partial charge in [-0.15, -0.1) is 0 Å². The number of nitrogens with zero attached hydrogens (tertiary/aromatic N) is 2. The van der Waals surface area contributed by atoms with Crippen molar-refractivity contribution >= 4 is 11.6 Å². The van der Waals surface area contributed by atoms with Gasteiger partial charge >= 0.3 is 0 Å². The van der Waals surface area contributed by atoms with Gasteiger partial charge in [-0.3, -0.25) is 14.9 Å². The van der Waals surface area contributed by atoms with Crippen molar-refractivity contribution in [2.45, 2.75) is 32.2 Å². The summed E-state index contributed by atoms with van der Waals surface area (Å²) in [6, 6.07) is 6.35. The van der Waals surface area contributed by atoms with Gasteiger partial charge in [0, 0.05) is 25.2 Å². The Morgan fingerprint density at radius 3 is 2.52 bits per heavy atom. The Kier molecular flexibility index (Phi) is 5.27. The molecule has 1 unspecified atom stereocenters. The van der Waals surface area contributed by atoms with E-state index in [-0.39, 0.29) is 17.6 Å². The van der Waals surface area contributed by atoms with Crippen molar-refractivity contribution in [3.63, 3.8) is 0 Å². The van der Waals surface area contributed by atoms with E-state index in [9.17, 15) is 14.9 Å². The topological polar surface area (TPSA) is 75.5 Å². The SMILES string of the molecule is CC(NCCc1ccc([N+](=O)[O-])cc1)C(=O)N1CCCC1. The highest BCUT2D eigenvalue weighted by Crippen LogP contribution is 2.12. The molecular weight excluding hydrogens is 270 g/mol. The summed E-state index contributed by atoms with van der Waals surface area (Å²) in [5.74, 6) is 0.163. The standard InChI is InChI=1S/C15H21N3O3/c1-12(15(19)17-10-2-3-11-17)16-9-8-13-4-6-14(7-5-13)18(20)21/h4-7,12,16H,2-3,8-11H2,1H3. The van der Waals surface area contributed by atoms with Crippen LogP contribution in [0.3, 0.4) is 0 Å². The van der Waals surface area contributed by atoms with Crippen LogP contribution in [-0.4, -0.2) is 41.4 Å². The Morgan fingerprint density at radius 2 is 1.95 bits per heavy atom. The summed E-state index contributed by atoms with van der Waals surface area (Å²) in [6.45, 7) is 4.30. The Morgan fingerprint density at radius 1 is 1.33 bits per heavy atom. The lowest BCUT2D eigenvalue weighted by Crippen LogP contribution is -2.44. The largest absolute Gasteiger partial charge is 0.341 e. The van der Waals surface area contributed by atoms with Crippen molar-refractivity contribution in [1.82, 2.24) is 10.2 Å². The van der Waals surface area contributed by atoms with Crippen LogP contribution in [0.5, 0.6) is 0 Å². The van der Waals surface area contributed by atoms with E-state index in [1.807, 2.05) is 11.8 Å². The first-order valence-electron chi connectivity index (χ1n) is 7.33. The van der Waals surface area contributed by atoms with Gasteiger partial charge in [-0.25, -0.2) is 0 Å². The van der Waals surface area contributed by atoms with E-state index < -0.39 is 4.92 Å². The van der Waals surface area contributed by atoms with E-state index in [4.69, 9.17) is 0 Å². The van der Waals surface area contributed by atoms with Crippen molar-refractivity contribution in [3.8, 4) is 0 Å². The van der Waals surface area contributed by atoms with Gasteiger partial charge in [-0.2, -0.15) is 0 Å². The average molecular weight is 291 g/mol. The molecule has 1 heterocycles. The molecule has 0 bridgehead atoms. The zero-order chi connectivity index (χ0) is 15.2. The number of amides is 1. The van der Waals surface area contributed by atoms with Gasteiger partial charge in [0.1, 0.15) is 0 Å². The van der Waals surface area contributed by atoms with Gasteiger partial charge in [0.05, 0.1) is 11.0 Å². The molecule has 6 heteroatoms. The highest BCUT2D eigenvalue weighted by Gasteiger charge is 2.22. The van der Waals surface area contributed by atoms with Crippen LogP contribution < -0.4 is 5.32 Å². The average Bonchev–Trinajstić information content (AvgIpc) is 3.01. The molecular formula is C15H21N3O3. The Labute approximate surface area is 124 Å². The number of hydrogen-bond acceptors (Lipinski definition) is 4. The number of benzene rings is 1. The number of nitro groups is 1. The zero-order valence-electron chi connectivity index (χ0n) is 12.2. The number of rotatable bonds is 6. The molecule has 6 nitrogen and oxygen atoms in total. The molecule has 1 aromatic carbocycles. The summed E-state index contributed by atoms with van der Waals surface area (Å²) in [5, 5.41) is 13.8. The molecule has 0 aliphatic carbocycles. The van der Waals surface area contributed by atoms with Crippen molar-refractivity contribution in [2.75, 3.05) is 19.6 Å². The molecule has 1 aliphatic heterocycles. The van der Waals surface area contributed by atoms with Gasteiger partial charge in [0.2, 0.25) is 5.91 Å². The van der Waals surface area contributed by atoms with Crippen molar-refractivity contribution in [1.29, 1.82) is 0 Å². The minimum absolute atomic E-state index is 0.101. The second kappa shape index (κ2) is 7.17. The first-order valence-corrected chi connectivity index (χ1v) is 7.33. The van der Waals surface area contributed by atoms with Gasteiger partial charge in [0.25, 0.3) is 5.69 Å². The maximum absolute atomic E-state index is 12.1. The van der Waals surface area contributed by atoms with E-state index in [1.165, 1.54) is 12.1 Å². The molecule has 1 amide bonds. The van der Waals surface area contributed by atoms with E-state index in [1.54, 1.807) is 12.1 Å². The van der Waals surface area contributed by atoms with Crippen LogP contribution in [0.1, 0.15) is 25.3 Å². The van der Waals surface area contributed by atoms with Crippen LogP contribution in [-0.2, 0) is 11.2 Å². The lowest BCUT2D eigenvalue weighted by Gasteiger charge is -2.21. The van der Waals surface area contributed by atoms with Gasteiger partial charge in [-0.05, 0) is 38.3 Å². The summed E-state index contributed by atoms with van der Waals surface area (Å²) in [5.41, 5.74) is 1.12. The Bertz CT molecular complexity index is 495. The third-order valence-electron chi connectivity index (χ3n) is 3.80. The maximum atomic E-state index is 12.1. The number of likely N-dealkylation sites (tertiary alicyclic amines) is 1. The molecule has 1 fully saturated rings. The third-order valence-corrected chi connectivity index (χ3v) is 3.80. The number of carbonyl (C=O) groups is 1. The summed E-state index contributed by atoms with van der Waals surface area (Å²) in [7, 11) is 0. The van der Waals surface area contributed by atoms with Crippen LogP contribution in [0.25, 0.3) is 0 Å². The van der Waals surface area contributed by atoms with Crippen molar-refractivity contribution in [2.24, 2.45) is 0 Å². The molecule has 0 aromatic heterocycles. The monoisotopic (exact) mass is 291 g/mol. The predicted octanol–water partition coefficient (Wildman–Crippen LogP) is 1.74. The number of nitro benzene ring substituents is 1. The first-order chi connectivity index (χ1) is 10.1. The van der Waals surface area contributed by atoms with Crippen molar-refractivity contribution < 1.29 is 9.72 Å². The Balaban J connectivity index is 1.75. The molecule has 0 radical (unpaired) electrons. The maximum Gasteiger partial charge on any atom is 0.269 e. The fraction of sp³-hybridized carbons (Fsp3) is 0.533. The fourth-order valence-corrected chi connectivity index (χ4v) is 2.52. The molecule has 0 saturated carbocycles. The number of hydrogen-bond donors (Lipinski definition) is 1. The minimum atomic E-state index is -0.404. The molecule has 1 saturated heterocycles. The molecule has 1 aromatic rings. The molecule has 1 aliphatic rings. The smallest absolute Gasteiger partial charge is 0.269 e. The quantitative estimate of drug-likeness (QED) is 0.640. The van der Waals surface area contributed by atoms with Crippen LogP contribution >= 0.6 is 0 Å². The predicted molar refractivity (Wildman–Crippen MR) is 80.1 cm³/mol. The normalized spacial score (nSPS) is 16.0. The fourth-order valence-electron chi connectivity index (χ4n) is 2.52. The van der Waals surface area contributed by atoms with Gasteiger partial charge in [-0.1, -0.05) is 12.1 Å². The second-order valence-electron chi connectivity index (χ2n) is 5.38. The summed E-state index contributed by atoms with van der Waals surface area (Å²) >= 11 is 0. The van der Waals surface area contributed by atoms with Crippen molar-refractivity contribution in [3.05, 3.63) is 39.9 Å². The number of nitrogens with one attached hydrogen (secondary N) is 1. The number of carbonyl (C=O) groups excluding carboxylic acids is 1. The first kappa shape index (κ1) is 15.4. The van der Waals surface area contributed by atoms with Gasteiger partial charge < -0.3 is 10.2 Å². The van der Waals surface area contributed by atoms with Gasteiger partial charge in [0.15, 0.2) is 0 Å². The van der Waals surface area contributed by atoms with E-state index in [0.717, 1.165) is 37.9 Å². The highest BCUT2D eigenvalue weighted by molar-refractivity contribution is 5.81. The Hall–Kier alpha value is -1.95. The second-order valence-corrected chi connectivity index (χ2v) is 5.38. The molecule has 2 rings (SSSR count). The molecule has 1 N–H and O–H groups in total. The molecule has 0 spiro atoms. The van der Waals surface area contributed by atoms with E-state index in [2.05, 4.69) is 5.32 Å². The summed E-state index contributed by atoms with van der Waals surface area (Å²) < 4.78 is 0. The number of non-ortho nitro benzene ring substituents is 1. The van der Waals surface area contributed by atoms with E-state index >= 15 is 0 Å². The van der Waals surface area contributed by atoms with Crippen LogP contribution in [0.2, 0.25) is 0 Å². The van der Waals surface area contributed by atoms with Crippen LogP contribution in [0.4, 0.5) is 5.69 Å². The molecule has 1 atom stereocenters. The zero-order valence-corrected chi connectivity index (χ0v) is 12.2. The van der Waals surface area contributed by atoms with Crippen LogP contribution in [0, 0.1) is 10.1 Å². The summed E-state index contributed by atoms with van der Waals surface area (Å²) in [6.07, 6.45) is 2.94. The highest BCUT2D eigenvalue weighted by atomic mass is 16.6. The minimum Gasteiger partial charge on any atom is -0.341 e.